The summed E-state index contributed by atoms with van der Waals surface area (Å²) < 4.78 is 8.41. The van der Waals surface area contributed by atoms with Crippen molar-refractivity contribution in [3.8, 4) is 0 Å². The van der Waals surface area contributed by atoms with E-state index in [4.69, 9.17) is 10.5 Å². The Labute approximate surface area is 196 Å². The summed E-state index contributed by atoms with van der Waals surface area (Å²) in [5.74, 6) is -1.42. The first-order valence-electron chi connectivity index (χ1n) is 11.0. The third-order valence-electron chi connectivity index (χ3n) is 5.72. The third-order valence-corrected chi connectivity index (χ3v) is 5.72. The smallest absolute Gasteiger partial charge is 0.340 e. The number of anilines is 2. The molecule has 1 amide bonds. The molecule has 0 aliphatic rings. The fourth-order valence-corrected chi connectivity index (χ4v) is 4.00. The van der Waals surface area contributed by atoms with Gasteiger partial charge >= 0.3 is 11.7 Å². The largest absolute Gasteiger partial charge is 0.452 e. The molecule has 0 aliphatic heterocycles. The quantitative estimate of drug-likeness (QED) is 0.486. The van der Waals surface area contributed by atoms with E-state index in [1.165, 1.54) is 4.57 Å². The summed E-state index contributed by atoms with van der Waals surface area (Å²) in [7, 11) is 0. The topological polar surface area (TPSA) is 132 Å². The van der Waals surface area contributed by atoms with Gasteiger partial charge in [-0.25, -0.2) is 9.59 Å². The van der Waals surface area contributed by atoms with Crippen LogP contribution in [0.4, 0.5) is 11.5 Å². The molecule has 0 aliphatic carbocycles. The predicted octanol–water partition coefficient (Wildman–Crippen LogP) is 1.82. The van der Waals surface area contributed by atoms with E-state index in [1.54, 1.807) is 13.0 Å². The number of carbonyl (C=O) groups is 2. The highest BCUT2D eigenvalue weighted by Gasteiger charge is 2.25. The van der Waals surface area contributed by atoms with Gasteiger partial charge in [-0.2, -0.15) is 0 Å². The molecule has 0 saturated heterocycles. The number of carbonyl (C=O) groups excluding carboxylic acids is 2. The summed E-state index contributed by atoms with van der Waals surface area (Å²) in [6.45, 7) is 7.63. The van der Waals surface area contributed by atoms with Crippen molar-refractivity contribution in [1.82, 2.24) is 14.1 Å². The number of amides is 1. The second kappa shape index (κ2) is 10.2. The van der Waals surface area contributed by atoms with Gasteiger partial charge in [-0.3, -0.25) is 19.1 Å². The van der Waals surface area contributed by atoms with Crippen LogP contribution in [0.15, 0.2) is 46.0 Å². The molecule has 0 fully saturated rings. The molecular formula is C24H29N5O5. The standard InChI is InChI=1S/C24H29N5O5/c1-5-27-15(3)12-18(16(27)4)23(32)34-14-19(30)28(6-2)20-21(25)29(24(33)26-22(20)31)13-17-10-8-7-9-11-17/h7-12H,5-6,13-14,25H2,1-4H3,(H,26,31,33). The van der Waals surface area contributed by atoms with Gasteiger partial charge in [0, 0.05) is 24.5 Å². The number of likely N-dealkylation sites (N-methyl/N-ethyl adjacent to an activating group) is 1. The number of ether oxygens (including phenoxy) is 1. The number of nitrogens with two attached hydrogens (primary N) is 1. The van der Waals surface area contributed by atoms with E-state index in [1.807, 2.05) is 55.7 Å². The molecule has 2 aromatic heterocycles. The Hall–Kier alpha value is -4.08. The highest BCUT2D eigenvalue weighted by Crippen LogP contribution is 2.19. The first kappa shape index (κ1) is 24.6. The average molecular weight is 468 g/mol. The number of nitrogens with one attached hydrogen (secondary N) is 1. The van der Waals surface area contributed by atoms with Crippen LogP contribution in [0.25, 0.3) is 0 Å². The second-order valence-corrected chi connectivity index (χ2v) is 7.81. The van der Waals surface area contributed by atoms with E-state index in [0.29, 0.717) is 12.1 Å². The van der Waals surface area contributed by atoms with Crippen LogP contribution in [-0.4, -0.2) is 39.1 Å². The molecule has 3 rings (SSSR count). The average Bonchev–Trinajstić information content (AvgIpc) is 3.11. The Kier molecular flexibility index (Phi) is 7.40. The molecule has 0 unspecified atom stereocenters. The van der Waals surface area contributed by atoms with Crippen molar-refractivity contribution < 1.29 is 14.3 Å². The van der Waals surface area contributed by atoms with E-state index in [2.05, 4.69) is 4.98 Å². The van der Waals surface area contributed by atoms with Gasteiger partial charge in [0.25, 0.3) is 11.5 Å². The number of hydrogen-bond acceptors (Lipinski definition) is 6. The molecule has 3 aromatic rings. The van der Waals surface area contributed by atoms with Gasteiger partial charge in [0.05, 0.1) is 12.1 Å². The Balaban J connectivity index is 1.85. The summed E-state index contributed by atoms with van der Waals surface area (Å²) in [5, 5.41) is 0. The zero-order valence-corrected chi connectivity index (χ0v) is 19.8. The Morgan fingerprint density at radius 1 is 1.09 bits per heavy atom. The van der Waals surface area contributed by atoms with Gasteiger partial charge in [-0.05, 0) is 39.3 Å². The van der Waals surface area contributed by atoms with Crippen LogP contribution in [0.5, 0.6) is 0 Å². The Morgan fingerprint density at radius 3 is 2.35 bits per heavy atom. The number of hydrogen-bond donors (Lipinski definition) is 2. The van der Waals surface area contributed by atoms with Crippen molar-refractivity contribution in [2.24, 2.45) is 0 Å². The monoisotopic (exact) mass is 467 g/mol. The molecular weight excluding hydrogens is 438 g/mol. The molecule has 180 valence electrons. The number of aryl methyl sites for hydroxylation is 1. The number of benzene rings is 1. The van der Waals surface area contributed by atoms with Crippen molar-refractivity contribution in [1.29, 1.82) is 0 Å². The lowest BCUT2D eigenvalue weighted by Gasteiger charge is -2.23. The Bertz CT molecular complexity index is 1320. The second-order valence-electron chi connectivity index (χ2n) is 7.81. The van der Waals surface area contributed by atoms with Gasteiger partial charge in [0.2, 0.25) is 0 Å². The normalized spacial score (nSPS) is 10.8. The number of nitrogens with zero attached hydrogens (tertiary/aromatic N) is 3. The minimum Gasteiger partial charge on any atom is -0.452 e. The summed E-state index contributed by atoms with van der Waals surface area (Å²) in [4.78, 5) is 53.9. The minimum absolute atomic E-state index is 0.0809. The zero-order chi connectivity index (χ0) is 25.0. The molecule has 2 heterocycles. The lowest BCUT2D eigenvalue weighted by atomic mass is 10.2. The molecule has 0 saturated carbocycles. The molecule has 10 nitrogen and oxygen atoms in total. The number of aromatic amines is 1. The van der Waals surface area contributed by atoms with E-state index < -0.39 is 29.7 Å². The maximum atomic E-state index is 12.9. The lowest BCUT2D eigenvalue weighted by Crippen LogP contribution is -2.42. The van der Waals surface area contributed by atoms with Crippen molar-refractivity contribution >= 4 is 23.4 Å². The van der Waals surface area contributed by atoms with Gasteiger partial charge in [-0.15, -0.1) is 0 Å². The first-order chi connectivity index (χ1) is 16.2. The molecule has 10 heteroatoms. The van der Waals surface area contributed by atoms with Crippen LogP contribution in [0, 0.1) is 13.8 Å². The van der Waals surface area contributed by atoms with Crippen molar-refractivity contribution in [2.75, 3.05) is 23.8 Å². The number of rotatable bonds is 8. The minimum atomic E-state index is -0.792. The van der Waals surface area contributed by atoms with Gasteiger partial charge in [-0.1, -0.05) is 30.3 Å². The summed E-state index contributed by atoms with van der Waals surface area (Å²) >= 11 is 0. The molecule has 0 radical (unpaired) electrons. The number of esters is 1. The van der Waals surface area contributed by atoms with Crippen LogP contribution in [0.1, 0.15) is 41.2 Å². The molecule has 0 spiro atoms. The third kappa shape index (κ3) is 4.80. The number of H-pyrrole nitrogens is 1. The van der Waals surface area contributed by atoms with Gasteiger partial charge < -0.3 is 19.9 Å². The molecule has 34 heavy (non-hydrogen) atoms. The highest BCUT2D eigenvalue weighted by atomic mass is 16.5. The highest BCUT2D eigenvalue weighted by molar-refractivity contribution is 5.98. The molecule has 0 bridgehead atoms. The number of aromatic nitrogens is 3. The lowest BCUT2D eigenvalue weighted by molar-refractivity contribution is -0.121. The summed E-state index contributed by atoms with van der Waals surface area (Å²) in [6.07, 6.45) is 0. The van der Waals surface area contributed by atoms with E-state index in [9.17, 15) is 19.2 Å². The van der Waals surface area contributed by atoms with Crippen molar-refractivity contribution in [3.63, 3.8) is 0 Å². The van der Waals surface area contributed by atoms with Crippen molar-refractivity contribution in [3.05, 3.63) is 79.8 Å². The van der Waals surface area contributed by atoms with E-state index >= 15 is 0 Å². The molecule has 0 atom stereocenters. The molecule has 3 N–H and O–H groups in total. The fraction of sp³-hybridized carbons (Fsp3) is 0.333. The van der Waals surface area contributed by atoms with Crippen LogP contribution in [0.2, 0.25) is 0 Å². The predicted molar refractivity (Wildman–Crippen MR) is 129 cm³/mol. The van der Waals surface area contributed by atoms with Crippen LogP contribution >= 0.6 is 0 Å². The van der Waals surface area contributed by atoms with E-state index in [0.717, 1.165) is 21.9 Å². The SMILES string of the molecule is CCN(C(=O)COC(=O)c1cc(C)n(CC)c1C)c1c(N)n(Cc2ccccc2)c(=O)[nH]c1=O. The maximum absolute atomic E-state index is 12.9. The number of nitrogen functional groups attached to an aromatic ring is 1. The Morgan fingerprint density at radius 2 is 1.76 bits per heavy atom. The summed E-state index contributed by atoms with van der Waals surface area (Å²) in [5.41, 5.74) is 7.38. The summed E-state index contributed by atoms with van der Waals surface area (Å²) in [6, 6.07) is 10.8. The van der Waals surface area contributed by atoms with Crippen LogP contribution in [-0.2, 0) is 22.6 Å². The van der Waals surface area contributed by atoms with Crippen LogP contribution in [0.3, 0.4) is 0 Å². The van der Waals surface area contributed by atoms with Gasteiger partial charge in [0.15, 0.2) is 12.3 Å². The zero-order valence-electron chi connectivity index (χ0n) is 19.8. The first-order valence-corrected chi connectivity index (χ1v) is 11.0. The van der Waals surface area contributed by atoms with Crippen LogP contribution < -0.4 is 21.9 Å². The van der Waals surface area contributed by atoms with E-state index in [-0.39, 0.29) is 24.6 Å². The fourth-order valence-electron chi connectivity index (χ4n) is 4.00. The van der Waals surface area contributed by atoms with Gasteiger partial charge in [0.1, 0.15) is 5.82 Å². The molecule has 1 aromatic carbocycles. The maximum Gasteiger partial charge on any atom is 0.340 e. The van der Waals surface area contributed by atoms with Crippen molar-refractivity contribution in [2.45, 2.75) is 40.8 Å².